The number of carbonyl (C=O) groups is 1. The average molecular weight is 422 g/mol. The van der Waals surface area contributed by atoms with E-state index in [2.05, 4.69) is 35.6 Å². The van der Waals surface area contributed by atoms with Crippen molar-refractivity contribution in [2.24, 2.45) is 0 Å². The summed E-state index contributed by atoms with van der Waals surface area (Å²) in [5.41, 5.74) is 2.39. The van der Waals surface area contributed by atoms with E-state index in [-0.39, 0.29) is 5.91 Å². The molecule has 3 rings (SSSR count). The number of carbonyl (C=O) groups excluding carboxylic acids is 1. The van der Waals surface area contributed by atoms with Gasteiger partial charge in [0.15, 0.2) is 6.54 Å². The molecule has 1 saturated heterocycles. The van der Waals surface area contributed by atoms with Crippen LogP contribution in [0.15, 0.2) is 48.5 Å². The number of halogens is 2. The van der Waals surface area contributed by atoms with E-state index >= 15 is 0 Å². The highest BCUT2D eigenvalue weighted by Crippen LogP contribution is 2.20. The lowest BCUT2D eigenvalue weighted by atomic mass is 10.0. The van der Waals surface area contributed by atoms with Crippen LogP contribution >= 0.6 is 23.2 Å². The van der Waals surface area contributed by atoms with E-state index in [9.17, 15) is 4.79 Å². The van der Waals surface area contributed by atoms with E-state index in [1.54, 1.807) is 11.0 Å². The normalized spacial score (nSPS) is 20.5. The standard InChI is InChI=1S/C22H27Cl2N3O/c1-26(15-18-7-8-19(23)13-21(18)24)16-22(28)25-20-9-11-27(12-10-20)14-17-5-3-2-4-6-17/h2-8,13,20H,9-12,14-16H2,1H3,(H,25,28)/p+2. The number of hydrogen-bond acceptors (Lipinski definition) is 1. The Morgan fingerprint density at radius 3 is 2.54 bits per heavy atom. The zero-order valence-electron chi connectivity index (χ0n) is 16.3. The van der Waals surface area contributed by atoms with Gasteiger partial charge in [0.05, 0.1) is 25.2 Å². The van der Waals surface area contributed by atoms with E-state index in [1.807, 2.05) is 19.2 Å². The molecule has 0 aliphatic carbocycles. The molecule has 0 radical (unpaired) electrons. The maximum Gasteiger partial charge on any atom is 0.275 e. The Bertz CT molecular complexity index is 777. The molecule has 1 unspecified atom stereocenters. The van der Waals surface area contributed by atoms with Gasteiger partial charge in [0.1, 0.15) is 13.1 Å². The van der Waals surface area contributed by atoms with Crippen LogP contribution in [0.25, 0.3) is 0 Å². The second-order valence-corrected chi connectivity index (χ2v) is 8.64. The summed E-state index contributed by atoms with van der Waals surface area (Å²) >= 11 is 12.2. The Morgan fingerprint density at radius 2 is 1.86 bits per heavy atom. The van der Waals surface area contributed by atoms with Gasteiger partial charge in [0.2, 0.25) is 0 Å². The molecule has 0 saturated carbocycles. The number of amides is 1. The molecule has 1 heterocycles. The number of piperidine rings is 1. The van der Waals surface area contributed by atoms with Crippen LogP contribution in [0.5, 0.6) is 0 Å². The van der Waals surface area contributed by atoms with E-state index in [1.165, 1.54) is 5.56 Å². The van der Waals surface area contributed by atoms with Crippen LogP contribution < -0.4 is 15.1 Å². The van der Waals surface area contributed by atoms with Crippen molar-refractivity contribution in [1.29, 1.82) is 0 Å². The maximum atomic E-state index is 12.4. The number of likely N-dealkylation sites (N-methyl/N-ethyl adjacent to an activating group) is 1. The topological polar surface area (TPSA) is 38.0 Å². The molecule has 0 bridgehead atoms. The van der Waals surface area contributed by atoms with E-state index in [0.717, 1.165) is 42.9 Å². The first-order valence-electron chi connectivity index (χ1n) is 9.91. The number of rotatable bonds is 7. The summed E-state index contributed by atoms with van der Waals surface area (Å²) in [7, 11) is 2.01. The van der Waals surface area contributed by atoms with Gasteiger partial charge in [-0.15, -0.1) is 0 Å². The van der Waals surface area contributed by atoms with Crippen LogP contribution in [-0.2, 0) is 17.9 Å². The predicted octanol–water partition coefficient (Wildman–Crippen LogP) is 1.37. The fourth-order valence-corrected chi connectivity index (χ4v) is 4.31. The van der Waals surface area contributed by atoms with Crippen LogP contribution in [0, 0.1) is 0 Å². The first-order valence-corrected chi connectivity index (χ1v) is 10.7. The Morgan fingerprint density at radius 1 is 1.14 bits per heavy atom. The molecule has 1 atom stereocenters. The third-order valence-electron chi connectivity index (χ3n) is 5.32. The number of nitrogens with one attached hydrogen (secondary N) is 3. The van der Waals surface area contributed by atoms with Gasteiger partial charge < -0.3 is 15.1 Å². The molecule has 3 N–H and O–H groups in total. The Hall–Kier alpha value is -1.59. The zero-order valence-corrected chi connectivity index (χ0v) is 17.8. The number of quaternary nitrogens is 2. The van der Waals surface area contributed by atoms with Gasteiger partial charge in [-0.25, -0.2) is 0 Å². The van der Waals surface area contributed by atoms with Gasteiger partial charge in [-0.2, -0.15) is 0 Å². The summed E-state index contributed by atoms with van der Waals surface area (Å²) < 4.78 is 0. The van der Waals surface area contributed by atoms with Crippen molar-refractivity contribution in [3.8, 4) is 0 Å². The van der Waals surface area contributed by atoms with Gasteiger partial charge in [-0.05, 0) is 12.1 Å². The smallest absolute Gasteiger partial charge is 0.275 e. The molecule has 1 amide bonds. The monoisotopic (exact) mass is 421 g/mol. The molecule has 150 valence electrons. The van der Waals surface area contributed by atoms with Crippen LogP contribution in [0.3, 0.4) is 0 Å². The van der Waals surface area contributed by atoms with Crippen LogP contribution in [0.4, 0.5) is 0 Å². The summed E-state index contributed by atoms with van der Waals surface area (Å²) in [6, 6.07) is 16.4. The average Bonchev–Trinajstić information content (AvgIpc) is 2.66. The van der Waals surface area contributed by atoms with Crippen molar-refractivity contribution in [2.45, 2.75) is 32.0 Å². The van der Waals surface area contributed by atoms with Crippen molar-refractivity contribution in [3.05, 3.63) is 69.7 Å². The first-order chi connectivity index (χ1) is 13.5. The van der Waals surface area contributed by atoms with Gasteiger partial charge in [-0.1, -0.05) is 59.6 Å². The third-order valence-corrected chi connectivity index (χ3v) is 5.91. The van der Waals surface area contributed by atoms with Crippen molar-refractivity contribution < 1.29 is 14.6 Å². The van der Waals surface area contributed by atoms with Crippen LogP contribution in [0.1, 0.15) is 24.0 Å². The van der Waals surface area contributed by atoms with Crippen molar-refractivity contribution in [1.82, 2.24) is 5.32 Å². The van der Waals surface area contributed by atoms with Crippen LogP contribution in [0.2, 0.25) is 10.0 Å². The van der Waals surface area contributed by atoms with Crippen molar-refractivity contribution in [2.75, 3.05) is 26.7 Å². The van der Waals surface area contributed by atoms with Gasteiger partial charge in [-0.3, -0.25) is 4.79 Å². The minimum atomic E-state index is 0.110. The fraction of sp³-hybridized carbons (Fsp3) is 0.409. The quantitative estimate of drug-likeness (QED) is 0.620. The largest absolute Gasteiger partial charge is 0.348 e. The summed E-state index contributed by atoms with van der Waals surface area (Å²) in [6.45, 7) is 4.40. The lowest BCUT2D eigenvalue weighted by Gasteiger charge is -2.30. The minimum absolute atomic E-state index is 0.110. The Balaban J connectivity index is 1.39. The molecule has 6 heteroatoms. The molecule has 1 aliphatic rings. The van der Waals surface area contributed by atoms with Gasteiger partial charge in [0, 0.05) is 35.0 Å². The summed E-state index contributed by atoms with van der Waals surface area (Å²) in [5, 5.41) is 4.50. The van der Waals surface area contributed by atoms with Gasteiger partial charge >= 0.3 is 0 Å². The second-order valence-electron chi connectivity index (χ2n) is 7.80. The molecular weight excluding hydrogens is 393 g/mol. The molecule has 1 aliphatic heterocycles. The number of likely N-dealkylation sites (tertiary alicyclic amines) is 1. The summed E-state index contributed by atoms with van der Waals surface area (Å²) in [6.07, 6.45) is 2.08. The third kappa shape index (κ3) is 6.49. The predicted molar refractivity (Wildman–Crippen MR) is 114 cm³/mol. The molecule has 1 fully saturated rings. The molecule has 0 aromatic heterocycles. The van der Waals surface area contributed by atoms with Crippen molar-refractivity contribution in [3.63, 3.8) is 0 Å². The number of hydrogen-bond donors (Lipinski definition) is 3. The van der Waals surface area contributed by atoms with Crippen LogP contribution in [-0.4, -0.2) is 38.6 Å². The molecule has 4 nitrogen and oxygen atoms in total. The fourth-order valence-electron chi connectivity index (χ4n) is 3.84. The molecule has 2 aromatic rings. The maximum absolute atomic E-state index is 12.4. The lowest BCUT2D eigenvalue weighted by Crippen LogP contribution is -3.12. The van der Waals surface area contributed by atoms with Gasteiger partial charge in [0.25, 0.3) is 5.91 Å². The summed E-state index contributed by atoms with van der Waals surface area (Å²) in [5.74, 6) is 0.110. The summed E-state index contributed by atoms with van der Waals surface area (Å²) in [4.78, 5) is 15.1. The van der Waals surface area contributed by atoms with E-state index < -0.39 is 0 Å². The van der Waals surface area contributed by atoms with Crippen molar-refractivity contribution >= 4 is 29.1 Å². The first kappa shape index (κ1) is 21.1. The second kappa shape index (κ2) is 10.3. The molecule has 0 spiro atoms. The lowest BCUT2D eigenvalue weighted by molar-refractivity contribution is -0.918. The zero-order chi connectivity index (χ0) is 19.9. The van der Waals surface area contributed by atoms with E-state index in [0.29, 0.717) is 29.2 Å². The Kier molecular flexibility index (Phi) is 7.74. The minimum Gasteiger partial charge on any atom is -0.348 e. The van der Waals surface area contributed by atoms with E-state index in [4.69, 9.17) is 23.2 Å². The highest BCUT2D eigenvalue weighted by Gasteiger charge is 2.24. The Labute approximate surface area is 177 Å². The molecule has 2 aromatic carbocycles. The highest BCUT2D eigenvalue weighted by molar-refractivity contribution is 6.35. The molecule has 28 heavy (non-hydrogen) atoms. The molecular formula is C22H29Cl2N3O+2. The SMILES string of the molecule is C[NH+](CC(=O)NC1CC[NH+](Cc2ccccc2)CC1)Cc1ccc(Cl)cc1Cl. The number of benzene rings is 2. The highest BCUT2D eigenvalue weighted by atomic mass is 35.5.